The van der Waals surface area contributed by atoms with Crippen LogP contribution in [0, 0.1) is 11.8 Å². The number of ether oxygens (including phenoxy) is 2. The number of nitrogens with two attached hydrogens (primary N) is 1. The second kappa shape index (κ2) is 27.2. The normalized spacial score (nSPS) is 16.9. The van der Waals surface area contributed by atoms with E-state index in [0.29, 0.717) is 17.4 Å². The molecule has 4 atom stereocenters. The molecule has 3 N–H and O–H groups in total. The minimum atomic E-state index is -2.07. The lowest BCUT2D eigenvalue weighted by Crippen LogP contribution is -2.20. The fourth-order valence-corrected chi connectivity index (χ4v) is 7.51. The molecule has 3 aromatic rings. The number of unbranched alkanes of at least 4 members (excludes halogenated alkanes) is 16. The van der Waals surface area contributed by atoms with Crippen molar-refractivity contribution in [3.05, 3.63) is 53.2 Å². The van der Waals surface area contributed by atoms with Gasteiger partial charge in [0.05, 0.1) is 42.7 Å². The first-order valence-electron chi connectivity index (χ1n) is 19.5. The van der Waals surface area contributed by atoms with Crippen molar-refractivity contribution >= 4 is 31.5 Å². The Labute approximate surface area is 317 Å². The van der Waals surface area contributed by atoms with E-state index in [0.717, 1.165) is 48.9 Å². The van der Waals surface area contributed by atoms with Gasteiger partial charge in [-0.15, -0.1) is 0 Å². The molecule has 0 amide bonds. The van der Waals surface area contributed by atoms with Crippen molar-refractivity contribution in [1.82, 2.24) is 19.6 Å². The largest absolute Gasteiger partial charge is 0.382 e. The Bertz CT molecular complexity index is 1380. The van der Waals surface area contributed by atoms with E-state index >= 15 is 0 Å². The molecule has 0 aromatic carbocycles. The summed E-state index contributed by atoms with van der Waals surface area (Å²) in [6, 6.07) is 5.73. The van der Waals surface area contributed by atoms with Crippen molar-refractivity contribution in [2.45, 2.75) is 160 Å². The van der Waals surface area contributed by atoms with E-state index in [-0.39, 0.29) is 31.5 Å². The zero-order valence-corrected chi connectivity index (χ0v) is 32.9. The van der Waals surface area contributed by atoms with Crippen LogP contribution in [0.25, 0.3) is 5.52 Å². The number of rotatable bonds is 28. The van der Waals surface area contributed by atoms with Gasteiger partial charge in [0.2, 0.25) is 0 Å². The molecule has 52 heavy (non-hydrogen) atoms. The fraction of sp³-hybridized carbons (Fsp3) is 0.692. The first kappa shape index (κ1) is 44.0. The van der Waals surface area contributed by atoms with Gasteiger partial charge in [-0.3, -0.25) is 4.98 Å². The smallest absolute Gasteiger partial charge is 0.330 e. The summed E-state index contributed by atoms with van der Waals surface area (Å²) in [7, 11) is -2.07. The van der Waals surface area contributed by atoms with Crippen LogP contribution in [0.15, 0.2) is 36.9 Å². The molecule has 1 saturated heterocycles. The van der Waals surface area contributed by atoms with Crippen molar-refractivity contribution in [1.29, 1.82) is 5.26 Å². The van der Waals surface area contributed by atoms with Gasteiger partial charge in [-0.25, -0.2) is 14.8 Å². The molecule has 290 valence electrons. The summed E-state index contributed by atoms with van der Waals surface area (Å²) in [5.41, 5.74) is 8.58. The number of nitrogen functional groups attached to an aromatic ring is 1. The molecule has 3 aromatic heterocycles. The molecule has 11 nitrogen and oxygen atoms in total. The number of hydrogen-bond acceptors (Lipinski definition) is 10. The molecule has 0 aliphatic carbocycles. The van der Waals surface area contributed by atoms with Gasteiger partial charge in [0.15, 0.2) is 5.82 Å². The lowest BCUT2D eigenvalue weighted by atomic mass is 10.0. The van der Waals surface area contributed by atoms with Crippen molar-refractivity contribution in [2.24, 2.45) is 0 Å². The second-order valence-electron chi connectivity index (χ2n) is 13.7. The van der Waals surface area contributed by atoms with Crippen molar-refractivity contribution in [2.75, 3.05) is 18.9 Å². The number of nitriles is 1. The van der Waals surface area contributed by atoms with E-state index in [9.17, 15) is 4.89 Å². The van der Waals surface area contributed by atoms with E-state index in [1.54, 1.807) is 16.9 Å². The summed E-state index contributed by atoms with van der Waals surface area (Å²) in [5.74, 6) is 0.434. The van der Waals surface area contributed by atoms with Gasteiger partial charge in [-0.2, -0.15) is 5.10 Å². The van der Waals surface area contributed by atoms with Gasteiger partial charge in [-0.1, -0.05) is 128 Å². The highest BCUT2D eigenvalue weighted by Crippen LogP contribution is 2.38. The van der Waals surface area contributed by atoms with E-state index in [1.807, 2.05) is 18.2 Å². The fourth-order valence-electron chi connectivity index (χ4n) is 6.65. The average Bonchev–Trinajstić information content (AvgIpc) is 3.82. The van der Waals surface area contributed by atoms with Crippen LogP contribution in [0.5, 0.6) is 0 Å². The highest BCUT2D eigenvalue weighted by Gasteiger charge is 2.30. The van der Waals surface area contributed by atoms with Crippen LogP contribution < -0.4 is 5.73 Å². The average molecular weight is 761 g/mol. The third-order valence-corrected chi connectivity index (χ3v) is 10.5. The number of fused-ring (bicyclic) bond motifs is 1. The maximum atomic E-state index is 10.6. The number of hydrogen-bond donors (Lipinski definition) is 2. The topological polar surface area (TPSA) is 150 Å². The third kappa shape index (κ3) is 17.2. The Morgan fingerprint density at radius 1 is 0.942 bits per heavy atom. The number of halogens is 1. The van der Waals surface area contributed by atoms with Crippen LogP contribution in [0.2, 0.25) is 5.02 Å². The predicted molar refractivity (Wildman–Crippen MR) is 209 cm³/mol. The van der Waals surface area contributed by atoms with Crippen molar-refractivity contribution in [3.8, 4) is 6.57 Å². The van der Waals surface area contributed by atoms with Gasteiger partial charge in [-0.05, 0) is 43.0 Å². The molecule has 1 aliphatic heterocycles. The molecular formula is C39H62ClN6O5P. The molecule has 13 heteroatoms. The molecule has 4 unspecified atom stereocenters. The molecule has 4 heterocycles. The summed E-state index contributed by atoms with van der Waals surface area (Å²) in [5, 5.41) is 11.4. The van der Waals surface area contributed by atoms with E-state index in [1.165, 1.54) is 103 Å². The Morgan fingerprint density at radius 3 is 2.21 bits per heavy atom. The zero-order chi connectivity index (χ0) is 37.2. The number of pyridine rings is 1. The molecule has 0 bridgehead atoms. The van der Waals surface area contributed by atoms with Crippen LogP contribution in [-0.2, 0) is 25.1 Å². The van der Waals surface area contributed by atoms with Crippen LogP contribution >= 0.6 is 20.2 Å². The molecular weight excluding hydrogens is 699 g/mol. The molecule has 4 rings (SSSR count). The van der Waals surface area contributed by atoms with E-state index in [4.69, 9.17) is 41.1 Å². The Hall–Kier alpha value is -2.42. The summed E-state index contributed by atoms with van der Waals surface area (Å²) in [6.07, 6.45) is 29.7. The standard InChI is InChI=1S/C38H61ClN5O5P.CHN/c1-2-3-4-5-6-7-8-9-10-11-12-13-14-15-16-17-18-19-33(46-27-31-24-32(39)26-41-25-31)28-47-50(45)48-29-34-20-23-37(49-34)35-21-22-36-38(40)42-30-43-44(35)36;1-2/h21-22,24-26,30,33-34,37,45H,2-20,23,27-29H2,1H3,(H2,40,42,43);1H. The molecule has 1 aliphatic rings. The summed E-state index contributed by atoms with van der Waals surface area (Å²) >= 11 is 6.12. The van der Waals surface area contributed by atoms with Crippen LogP contribution in [0.1, 0.15) is 153 Å². The Kier molecular flexibility index (Phi) is 23.0. The molecule has 0 spiro atoms. The van der Waals surface area contributed by atoms with E-state index in [2.05, 4.69) is 28.6 Å². The highest BCUT2D eigenvalue weighted by atomic mass is 35.5. The quantitative estimate of drug-likeness (QED) is 0.0540. The van der Waals surface area contributed by atoms with Crippen molar-refractivity contribution < 1.29 is 23.4 Å². The predicted octanol–water partition coefficient (Wildman–Crippen LogP) is 10.6. The Morgan fingerprint density at radius 2 is 1.58 bits per heavy atom. The lowest BCUT2D eigenvalue weighted by Gasteiger charge is -2.20. The first-order chi connectivity index (χ1) is 25.5. The lowest BCUT2D eigenvalue weighted by molar-refractivity contribution is -0.00970. The number of anilines is 1. The maximum absolute atomic E-state index is 10.6. The summed E-state index contributed by atoms with van der Waals surface area (Å²) in [4.78, 5) is 18.8. The summed E-state index contributed by atoms with van der Waals surface area (Å²) in [6.45, 7) is 6.66. The number of aromatic nitrogens is 4. The number of nitrogens with zero attached hydrogens (tertiary/aromatic N) is 5. The maximum Gasteiger partial charge on any atom is 0.330 e. The third-order valence-electron chi connectivity index (χ3n) is 9.57. The SMILES string of the molecule is C#N.CCCCCCCCCCCCCCCCCCCC(COP(O)OCC1CCC(c2ccc3c(N)ncnn23)O1)OCc1cncc(Cl)c1. The highest BCUT2D eigenvalue weighted by molar-refractivity contribution is 7.40. The van der Waals surface area contributed by atoms with E-state index < -0.39 is 8.60 Å². The van der Waals surface area contributed by atoms with Crippen LogP contribution in [-0.4, -0.2) is 49.9 Å². The molecule has 0 saturated carbocycles. The molecule has 0 radical (unpaired) electrons. The van der Waals surface area contributed by atoms with Crippen LogP contribution in [0.3, 0.4) is 0 Å². The molecule has 1 fully saturated rings. The first-order valence-corrected chi connectivity index (χ1v) is 21.0. The van der Waals surface area contributed by atoms with Crippen LogP contribution in [0.4, 0.5) is 5.82 Å². The van der Waals surface area contributed by atoms with Gasteiger partial charge < -0.3 is 29.1 Å². The van der Waals surface area contributed by atoms with Gasteiger partial charge in [0, 0.05) is 19.0 Å². The van der Waals surface area contributed by atoms with Gasteiger partial charge >= 0.3 is 8.60 Å². The van der Waals surface area contributed by atoms with Gasteiger partial charge in [0.1, 0.15) is 17.9 Å². The monoisotopic (exact) mass is 760 g/mol. The summed E-state index contributed by atoms with van der Waals surface area (Å²) < 4.78 is 25.7. The van der Waals surface area contributed by atoms with Gasteiger partial charge in [0.25, 0.3) is 0 Å². The Balaban J connectivity index is 0.00000358. The van der Waals surface area contributed by atoms with Crippen molar-refractivity contribution in [3.63, 3.8) is 0 Å². The minimum Gasteiger partial charge on any atom is -0.382 e. The minimum absolute atomic E-state index is 0.130. The zero-order valence-electron chi connectivity index (χ0n) is 31.3. The second-order valence-corrected chi connectivity index (χ2v) is 15.2.